The summed E-state index contributed by atoms with van der Waals surface area (Å²) in [7, 11) is 3.26. The molecular weight excluding hydrogens is 346 g/mol. The van der Waals surface area contributed by atoms with Crippen molar-refractivity contribution >= 4 is 17.7 Å². The first-order valence-corrected chi connectivity index (χ1v) is 9.86. The summed E-state index contributed by atoms with van der Waals surface area (Å²) in [5, 5.41) is 0.0415. The van der Waals surface area contributed by atoms with Gasteiger partial charge in [0.25, 0.3) is 0 Å². The van der Waals surface area contributed by atoms with Gasteiger partial charge in [0.05, 0.1) is 14.2 Å². The van der Waals surface area contributed by atoms with Gasteiger partial charge in [-0.2, -0.15) is 0 Å². The molecule has 0 aromatic heterocycles. The van der Waals surface area contributed by atoms with Gasteiger partial charge in [0.2, 0.25) is 5.91 Å². The molecule has 1 fully saturated rings. The zero-order valence-electron chi connectivity index (χ0n) is 15.5. The Morgan fingerprint density at radius 3 is 2.69 bits per heavy atom. The predicted molar refractivity (Wildman–Crippen MR) is 106 cm³/mol. The third kappa shape index (κ3) is 4.15. The molecule has 1 heterocycles. The van der Waals surface area contributed by atoms with Crippen LogP contribution >= 0.6 is 11.8 Å². The highest BCUT2D eigenvalue weighted by Crippen LogP contribution is 2.41. The minimum atomic E-state index is 0.0415. The van der Waals surface area contributed by atoms with Crippen LogP contribution in [-0.2, 0) is 11.2 Å². The summed E-state index contributed by atoms with van der Waals surface area (Å²) in [6.45, 7) is 2.87. The minimum Gasteiger partial charge on any atom is -0.493 e. The first-order chi connectivity index (χ1) is 12.6. The Bertz CT molecular complexity index is 778. The smallest absolute Gasteiger partial charge is 0.224 e. The van der Waals surface area contributed by atoms with Crippen LogP contribution in [-0.4, -0.2) is 37.3 Å². The summed E-state index contributed by atoms with van der Waals surface area (Å²) < 4.78 is 10.7. The first-order valence-electron chi connectivity index (χ1n) is 8.81. The molecule has 1 aliphatic rings. The summed E-state index contributed by atoms with van der Waals surface area (Å²) >= 11 is 1.80. The number of amides is 1. The van der Waals surface area contributed by atoms with Gasteiger partial charge >= 0.3 is 0 Å². The van der Waals surface area contributed by atoms with E-state index < -0.39 is 0 Å². The summed E-state index contributed by atoms with van der Waals surface area (Å²) in [5.74, 6) is 2.56. The van der Waals surface area contributed by atoms with Crippen LogP contribution in [0.15, 0.2) is 42.5 Å². The van der Waals surface area contributed by atoms with Gasteiger partial charge in [0.15, 0.2) is 11.5 Å². The average Bonchev–Trinajstić information content (AvgIpc) is 3.15. The van der Waals surface area contributed by atoms with Gasteiger partial charge in [-0.1, -0.05) is 35.9 Å². The summed E-state index contributed by atoms with van der Waals surface area (Å²) in [4.78, 5) is 14.8. The summed E-state index contributed by atoms with van der Waals surface area (Å²) in [5.41, 5.74) is 3.52. The molecule has 3 rings (SSSR count). The summed E-state index contributed by atoms with van der Waals surface area (Å²) in [6, 6.07) is 14.3. The number of thioether (sulfide) groups is 1. The van der Waals surface area contributed by atoms with E-state index in [1.807, 2.05) is 29.2 Å². The normalized spacial score (nSPS) is 16.6. The van der Waals surface area contributed by atoms with Gasteiger partial charge < -0.3 is 14.4 Å². The van der Waals surface area contributed by atoms with Crippen molar-refractivity contribution in [2.45, 2.75) is 25.1 Å². The predicted octanol–water partition coefficient (Wildman–Crippen LogP) is 4.22. The van der Waals surface area contributed by atoms with Crippen LogP contribution in [0.1, 0.15) is 28.5 Å². The number of aryl methyl sites for hydroxylation is 2. The largest absolute Gasteiger partial charge is 0.493 e. The molecule has 1 amide bonds. The lowest BCUT2D eigenvalue weighted by atomic mass is 10.1. The van der Waals surface area contributed by atoms with Gasteiger partial charge in [-0.05, 0) is 36.6 Å². The van der Waals surface area contributed by atoms with Crippen molar-refractivity contribution in [1.82, 2.24) is 4.90 Å². The number of hydrogen-bond acceptors (Lipinski definition) is 4. The molecule has 26 heavy (non-hydrogen) atoms. The van der Waals surface area contributed by atoms with E-state index in [2.05, 4.69) is 25.1 Å². The number of benzene rings is 2. The van der Waals surface area contributed by atoms with Crippen LogP contribution < -0.4 is 9.47 Å². The van der Waals surface area contributed by atoms with E-state index in [1.165, 1.54) is 11.1 Å². The van der Waals surface area contributed by atoms with Crippen LogP contribution in [0, 0.1) is 6.92 Å². The molecular formula is C21H25NO3S. The van der Waals surface area contributed by atoms with Gasteiger partial charge in [-0.3, -0.25) is 4.79 Å². The number of rotatable bonds is 6. The lowest BCUT2D eigenvalue weighted by Gasteiger charge is -2.25. The van der Waals surface area contributed by atoms with Crippen molar-refractivity contribution in [3.63, 3.8) is 0 Å². The lowest BCUT2D eigenvalue weighted by Crippen LogP contribution is -2.30. The zero-order valence-corrected chi connectivity index (χ0v) is 16.3. The molecule has 2 aromatic carbocycles. The van der Waals surface area contributed by atoms with E-state index in [4.69, 9.17) is 9.47 Å². The van der Waals surface area contributed by atoms with Crippen LogP contribution in [0.3, 0.4) is 0 Å². The number of carbonyl (C=O) groups excluding carboxylic acids is 1. The molecule has 5 heteroatoms. The standard InChI is InChI=1S/C21H25NO3S/c1-15-5-4-6-16(13-15)7-10-20(23)22-11-12-26-21(22)17-8-9-18(24-2)19(14-17)25-3/h4-6,8-9,13-14,21H,7,10-12H2,1-3H3. The highest BCUT2D eigenvalue weighted by molar-refractivity contribution is 7.99. The average molecular weight is 372 g/mol. The molecule has 2 aromatic rings. The molecule has 1 atom stereocenters. The maximum atomic E-state index is 12.8. The molecule has 1 aliphatic heterocycles. The molecule has 1 saturated heterocycles. The Hall–Kier alpha value is -2.14. The molecule has 0 radical (unpaired) electrons. The SMILES string of the molecule is COc1ccc(C2SCCN2C(=O)CCc2cccc(C)c2)cc1OC. The lowest BCUT2D eigenvalue weighted by molar-refractivity contribution is -0.131. The maximum absolute atomic E-state index is 12.8. The van der Waals surface area contributed by atoms with E-state index in [0.29, 0.717) is 17.9 Å². The monoisotopic (exact) mass is 371 g/mol. The highest BCUT2D eigenvalue weighted by Gasteiger charge is 2.30. The van der Waals surface area contributed by atoms with Gasteiger partial charge in [0.1, 0.15) is 5.37 Å². The Kier molecular flexibility index (Phi) is 6.09. The number of hydrogen-bond donors (Lipinski definition) is 0. The quantitative estimate of drug-likeness (QED) is 0.762. The first kappa shape index (κ1) is 18.6. The number of nitrogens with zero attached hydrogens (tertiary/aromatic N) is 1. The topological polar surface area (TPSA) is 38.8 Å². The van der Waals surface area contributed by atoms with Crippen molar-refractivity contribution < 1.29 is 14.3 Å². The van der Waals surface area contributed by atoms with Crippen molar-refractivity contribution in [1.29, 1.82) is 0 Å². The molecule has 0 N–H and O–H groups in total. The Morgan fingerprint density at radius 2 is 1.96 bits per heavy atom. The Labute approximate surface area is 159 Å². The van der Waals surface area contributed by atoms with E-state index in [9.17, 15) is 4.79 Å². The Balaban J connectivity index is 1.70. The third-order valence-electron chi connectivity index (χ3n) is 4.61. The van der Waals surface area contributed by atoms with Gasteiger partial charge in [-0.25, -0.2) is 0 Å². The van der Waals surface area contributed by atoms with E-state index in [0.717, 1.165) is 24.3 Å². The third-order valence-corrected chi connectivity index (χ3v) is 5.87. The van der Waals surface area contributed by atoms with Crippen molar-refractivity contribution in [2.75, 3.05) is 26.5 Å². The molecule has 0 aliphatic carbocycles. The zero-order chi connectivity index (χ0) is 18.5. The molecule has 1 unspecified atom stereocenters. The Morgan fingerprint density at radius 1 is 1.15 bits per heavy atom. The molecule has 0 bridgehead atoms. The van der Waals surface area contributed by atoms with E-state index in [1.54, 1.807) is 26.0 Å². The fourth-order valence-electron chi connectivity index (χ4n) is 3.27. The van der Waals surface area contributed by atoms with E-state index in [-0.39, 0.29) is 11.3 Å². The second kappa shape index (κ2) is 8.49. The van der Waals surface area contributed by atoms with Crippen molar-refractivity contribution in [2.24, 2.45) is 0 Å². The van der Waals surface area contributed by atoms with E-state index >= 15 is 0 Å². The second-order valence-corrected chi connectivity index (χ2v) is 7.60. The number of ether oxygens (including phenoxy) is 2. The molecule has 4 nitrogen and oxygen atoms in total. The molecule has 0 spiro atoms. The number of carbonyl (C=O) groups is 1. The van der Waals surface area contributed by atoms with Crippen LogP contribution in [0.25, 0.3) is 0 Å². The molecule has 138 valence electrons. The summed E-state index contributed by atoms with van der Waals surface area (Å²) in [6.07, 6.45) is 1.31. The van der Waals surface area contributed by atoms with Crippen molar-refractivity contribution in [3.8, 4) is 11.5 Å². The fraction of sp³-hybridized carbons (Fsp3) is 0.381. The van der Waals surface area contributed by atoms with Crippen LogP contribution in [0.5, 0.6) is 11.5 Å². The van der Waals surface area contributed by atoms with Crippen LogP contribution in [0.2, 0.25) is 0 Å². The van der Waals surface area contributed by atoms with Gasteiger partial charge in [-0.15, -0.1) is 11.8 Å². The fourth-order valence-corrected chi connectivity index (χ4v) is 4.54. The maximum Gasteiger partial charge on any atom is 0.224 e. The highest BCUT2D eigenvalue weighted by atomic mass is 32.2. The minimum absolute atomic E-state index is 0.0415. The van der Waals surface area contributed by atoms with Gasteiger partial charge in [0, 0.05) is 18.7 Å². The molecule has 0 saturated carbocycles. The second-order valence-electron chi connectivity index (χ2n) is 6.41. The number of methoxy groups -OCH3 is 2. The van der Waals surface area contributed by atoms with Crippen molar-refractivity contribution in [3.05, 3.63) is 59.2 Å². The van der Waals surface area contributed by atoms with Crippen LogP contribution in [0.4, 0.5) is 0 Å².